The maximum atomic E-state index is 12.7. The minimum absolute atomic E-state index is 0.0106. The fraction of sp³-hybridized carbons (Fsp3) is 0.429. The fourth-order valence-corrected chi connectivity index (χ4v) is 3.06. The van der Waals surface area contributed by atoms with E-state index in [2.05, 4.69) is 0 Å². The highest BCUT2D eigenvalue weighted by Gasteiger charge is 2.25. The van der Waals surface area contributed by atoms with Crippen molar-refractivity contribution in [2.75, 3.05) is 33.7 Å². The Morgan fingerprint density at radius 3 is 2.09 bits per heavy atom. The van der Waals surface area contributed by atoms with E-state index in [4.69, 9.17) is 24.7 Å². The number of esters is 1. The fourth-order valence-electron chi connectivity index (χ4n) is 3.06. The van der Waals surface area contributed by atoms with E-state index in [0.717, 1.165) is 9.13 Å². The summed E-state index contributed by atoms with van der Waals surface area (Å²) < 4.78 is 22.6. The van der Waals surface area contributed by atoms with E-state index >= 15 is 0 Å². The van der Waals surface area contributed by atoms with Gasteiger partial charge in [0.25, 0.3) is 5.56 Å². The van der Waals surface area contributed by atoms with Gasteiger partial charge in [-0.05, 0) is 5.92 Å². The third kappa shape index (κ3) is 4.76. The summed E-state index contributed by atoms with van der Waals surface area (Å²) in [7, 11) is 5.43. The molecule has 174 valence electrons. The third-order valence-electron chi connectivity index (χ3n) is 4.67. The van der Waals surface area contributed by atoms with Crippen LogP contribution in [-0.4, -0.2) is 48.8 Å². The van der Waals surface area contributed by atoms with Gasteiger partial charge < -0.3 is 24.7 Å². The maximum absolute atomic E-state index is 12.7. The van der Waals surface area contributed by atoms with Crippen molar-refractivity contribution in [2.45, 2.75) is 20.4 Å². The molecule has 0 saturated heterocycles. The van der Waals surface area contributed by atoms with Crippen molar-refractivity contribution in [3.63, 3.8) is 0 Å². The summed E-state index contributed by atoms with van der Waals surface area (Å²) >= 11 is 0. The van der Waals surface area contributed by atoms with Crippen LogP contribution >= 0.6 is 0 Å². The van der Waals surface area contributed by atoms with Crippen molar-refractivity contribution >= 4 is 17.6 Å². The number of aromatic nitrogens is 2. The lowest BCUT2D eigenvalue weighted by atomic mass is 10.1. The van der Waals surface area contributed by atoms with Crippen LogP contribution in [0.3, 0.4) is 0 Å². The first-order chi connectivity index (χ1) is 15.1. The lowest BCUT2D eigenvalue weighted by Crippen LogP contribution is -2.43. The van der Waals surface area contributed by atoms with E-state index in [1.165, 1.54) is 40.5 Å². The number of rotatable bonds is 9. The molecule has 1 aromatic heterocycles. The van der Waals surface area contributed by atoms with Crippen molar-refractivity contribution in [1.29, 1.82) is 0 Å². The summed E-state index contributed by atoms with van der Waals surface area (Å²) in [6, 6.07) is 2.79. The molecule has 2 aromatic rings. The van der Waals surface area contributed by atoms with Gasteiger partial charge in [-0.1, -0.05) is 13.8 Å². The van der Waals surface area contributed by atoms with Crippen LogP contribution in [0.4, 0.5) is 5.82 Å². The molecule has 0 fully saturated rings. The van der Waals surface area contributed by atoms with Gasteiger partial charge in [-0.25, -0.2) is 9.59 Å². The predicted molar refractivity (Wildman–Crippen MR) is 116 cm³/mol. The van der Waals surface area contributed by atoms with Gasteiger partial charge >= 0.3 is 11.7 Å². The minimum atomic E-state index is -0.887. The Morgan fingerprint density at radius 1 is 1.00 bits per heavy atom. The van der Waals surface area contributed by atoms with Crippen molar-refractivity contribution in [1.82, 2.24) is 9.13 Å². The van der Waals surface area contributed by atoms with E-state index < -0.39 is 35.2 Å². The highest BCUT2D eigenvalue weighted by molar-refractivity contribution is 6.02. The molecule has 0 bridgehead atoms. The molecule has 2 N–H and O–H groups in total. The number of nitrogens with zero attached hydrogens (tertiary/aromatic N) is 2. The normalized spacial score (nSPS) is 10.7. The smallest absolute Gasteiger partial charge is 0.342 e. The van der Waals surface area contributed by atoms with Crippen molar-refractivity contribution in [2.24, 2.45) is 13.0 Å². The predicted octanol–water partition coefficient (Wildman–Crippen LogP) is 0.851. The molecule has 32 heavy (non-hydrogen) atoms. The second kappa shape index (κ2) is 10.0. The maximum Gasteiger partial charge on any atom is 0.342 e. The zero-order chi connectivity index (χ0) is 24.2. The van der Waals surface area contributed by atoms with Gasteiger partial charge in [0, 0.05) is 25.7 Å². The van der Waals surface area contributed by atoms with E-state index in [0.29, 0.717) is 5.75 Å². The highest BCUT2D eigenvalue weighted by atomic mass is 16.5. The summed E-state index contributed by atoms with van der Waals surface area (Å²) in [6.07, 6.45) is 0. The van der Waals surface area contributed by atoms with Crippen LogP contribution < -0.4 is 31.2 Å². The van der Waals surface area contributed by atoms with Crippen LogP contribution in [0.5, 0.6) is 17.2 Å². The zero-order valence-electron chi connectivity index (χ0n) is 18.9. The Hall–Kier alpha value is -3.76. The van der Waals surface area contributed by atoms with Gasteiger partial charge in [0.2, 0.25) is 5.78 Å². The van der Waals surface area contributed by atoms with Gasteiger partial charge in [0.05, 0.1) is 21.3 Å². The van der Waals surface area contributed by atoms with E-state index in [1.807, 2.05) is 13.8 Å². The number of benzene rings is 1. The minimum Gasteiger partial charge on any atom is -0.496 e. The Kier molecular flexibility index (Phi) is 7.68. The molecule has 2 rings (SSSR count). The molecule has 1 aromatic carbocycles. The summed E-state index contributed by atoms with van der Waals surface area (Å²) in [4.78, 5) is 50.2. The standard InChI is InChI=1S/C21H27N3O8/c1-11(2)9-24-18(22)17(19(26)23(3)21(24)28)13(25)10-32-20(27)12-7-15(30-5)16(31-6)8-14(12)29-4/h7-8,11H,9-10,22H2,1-6H3. The number of carbonyl (C=O) groups excluding carboxylic acids is 2. The SMILES string of the molecule is COc1cc(OC)c(C(=O)OCC(=O)c2c(N)n(CC(C)C)c(=O)n(C)c2=O)cc1OC. The molecule has 0 unspecified atom stereocenters. The Labute approximate surface area is 184 Å². The lowest BCUT2D eigenvalue weighted by molar-refractivity contribution is 0.0470. The van der Waals surface area contributed by atoms with Crippen LogP contribution in [0, 0.1) is 5.92 Å². The van der Waals surface area contributed by atoms with Crippen LogP contribution in [0.2, 0.25) is 0 Å². The molecule has 0 amide bonds. The van der Waals surface area contributed by atoms with Gasteiger partial charge in [0.15, 0.2) is 18.1 Å². The second-order valence-electron chi connectivity index (χ2n) is 7.32. The number of hydrogen-bond acceptors (Lipinski definition) is 9. The monoisotopic (exact) mass is 449 g/mol. The van der Waals surface area contributed by atoms with Gasteiger partial charge in [0.1, 0.15) is 22.7 Å². The molecule has 0 saturated carbocycles. The molecule has 0 radical (unpaired) electrons. The van der Waals surface area contributed by atoms with Gasteiger partial charge in [-0.3, -0.25) is 18.7 Å². The Morgan fingerprint density at radius 2 is 1.56 bits per heavy atom. The number of nitrogen functional groups attached to an aromatic ring is 1. The number of carbonyl (C=O) groups is 2. The van der Waals surface area contributed by atoms with E-state index in [-0.39, 0.29) is 35.3 Å². The first-order valence-corrected chi connectivity index (χ1v) is 9.66. The molecular formula is C21H27N3O8. The number of nitrogens with two attached hydrogens (primary N) is 1. The summed E-state index contributed by atoms with van der Waals surface area (Å²) in [5.41, 5.74) is 4.05. The molecule has 0 spiro atoms. The number of Topliss-reactive ketones (excluding diaryl/α,β-unsaturated/α-hetero) is 1. The molecule has 11 nitrogen and oxygen atoms in total. The molecule has 0 aliphatic heterocycles. The van der Waals surface area contributed by atoms with Crippen LogP contribution in [0.1, 0.15) is 34.6 Å². The summed E-state index contributed by atoms with van der Waals surface area (Å²) in [6.45, 7) is 3.16. The van der Waals surface area contributed by atoms with E-state index in [1.54, 1.807) is 0 Å². The number of ketones is 1. The molecule has 11 heteroatoms. The molecular weight excluding hydrogens is 422 g/mol. The first-order valence-electron chi connectivity index (χ1n) is 9.66. The number of methoxy groups -OCH3 is 3. The lowest BCUT2D eigenvalue weighted by Gasteiger charge is -2.16. The first kappa shape index (κ1) is 24.5. The van der Waals surface area contributed by atoms with Crippen LogP contribution in [0.25, 0.3) is 0 Å². The highest BCUT2D eigenvalue weighted by Crippen LogP contribution is 2.34. The second-order valence-corrected chi connectivity index (χ2v) is 7.32. The molecule has 0 atom stereocenters. The summed E-state index contributed by atoms with van der Waals surface area (Å²) in [5.74, 6) is -1.23. The average Bonchev–Trinajstić information content (AvgIpc) is 2.77. The Bertz CT molecular complexity index is 1150. The number of hydrogen-bond donors (Lipinski definition) is 1. The zero-order valence-corrected chi connectivity index (χ0v) is 18.9. The van der Waals surface area contributed by atoms with Crippen LogP contribution in [0.15, 0.2) is 21.7 Å². The summed E-state index contributed by atoms with van der Waals surface area (Å²) in [5, 5.41) is 0. The molecule has 0 aliphatic carbocycles. The van der Waals surface area contributed by atoms with Crippen molar-refractivity contribution in [3.05, 3.63) is 44.1 Å². The third-order valence-corrected chi connectivity index (χ3v) is 4.67. The van der Waals surface area contributed by atoms with Crippen LogP contribution in [-0.2, 0) is 18.3 Å². The van der Waals surface area contributed by atoms with Crippen molar-refractivity contribution in [3.8, 4) is 17.2 Å². The van der Waals surface area contributed by atoms with E-state index in [9.17, 15) is 19.2 Å². The van der Waals surface area contributed by atoms with Gasteiger partial charge in [-0.2, -0.15) is 0 Å². The van der Waals surface area contributed by atoms with Crippen molar-refractivity contribution < 1.29 is 28.5 Å². The Balaban J connectivity index is 2.36. The number of anilines is 1. The largest absolute Gasteiger partial charge is 0.496 e. The number of ether oxygens (including phenoxy) is 4. The topological polar surface area (TPSA) is 141 Å². The quantitative estimate of drug-likeness (QED) is 0.435. The average molecular weight is 449 g/mol. The molecule has 0 aliphatic rings. The van der Waals surface area contributed by atoms with Gasteiger partial charge in [-0.15, -0.1) is 0 Å². The molecule has 1 heterocycles.